The van der Waals surface area contributed by atoms with Crippen LogP contribution in [0.5, 0.6) is 0 Å². The molecule has 1 fully saturated rings. The van der Waals surface area contributed by atoms with E-state index < -0.39 is 0 Å². The van der Waals surface area contributed by atoms with Crippen LogP contribution in [0, 0.1) is 19.8 Å². The van der Waals surface area contributed by atoms with Gasteiger partial charge in [-0.25, -0.2) is 0 Å². The standard InChI is InChI=1S/C14H22N4O/c1-4-11-8-18(6-5-13(11)15)14(19)12-7-9(2)16-17-10(12)3/h7,11,13H,4-6,8,15H2,1-3H3. The van der Waals surface area contributed by atoms with Crippen molar-refractivity contribution >= 4 is 5.91 Å². The number of carbonyl (C=O) groups excluding carboxylic acids is 1. The number of hydrogen-bond donors (Lipinski definition) is 1. The van der Waals surface area contributed by atoms with E-state index in [0.29, 0.717) is 17.2 Å². The smallest absolute Gasteiger partial charge is 0.255 e. The van der Waals surface area contributed by atoms with Crippen LogP contribution in [0.15, 0.2) is 6.07 Å². The normalized spacial score (nSPS) is 23.5. The Kier molecular flexibility index (Phi) is 4.14. The SMILES string of the molecule is CCC1CN(C(=O)c2cc(C)nnc2C)CCC1N. The fourth-order valence-electron chi connectivity index (χ4n) is 2.60. The number of rotatable bonds is 2. The predicted octanol–water partition coefficient (Wildman–Crippen LogP) is 1.29. The second-order valence-electron chi connectivity index (χ2n) is 5.36. The van der Waals surface area contributed by atoms with E-state index in [9.17, 15) is 4.79 Å². The number of aromatic nitrogens is 2. The highest BCUT2D eigenvalue weighted by Crippen LogP contribution is 2.21. The summed E-state index contributed by atoms with van der Waals surface area (Å²) in [5.74, 6) is 0.453. The Morgan fingerprint density at radius 1 is 1.47 bits per heavy atom. The summed E-state index contributed by atoms with van der Waals surface area (Å²) in [7, 11) is 0. The van der Waals surface area contributed by atoms with Crippen LogP contribution in [0.1, 0.15) is 41.5 Å². The largest absolute Gasteiger partial charge is 0.338 e. The average Bonchev–Trinajstić information content (AvgIpc) is 2.41. The van der Waals surface area contributed by atoms with Gasteiger partial charge < -0.3 is 10.6 Å². The molecule has 1 saturated heterocycles. The Labute approximate surface area is 114 Å². The van der Waals surface area contributed by atoms with E-state index in [4.69, 9.17) is 5.73 Å². The summed E-state index contributed by atoms with van der Waals surface area (Å²) in [4.78, 5) is 14.5. The van der Waals surface area contributed by atoms with Gasteiger partial charge >= 0.3 is 0 Å². The van der Waals surface area contributed by atoms with Gasteiger partial charge in [0.1, 0.15) is 0 Å². The molecule has 2 atom stereocenters. The molecule has 5 nitrogen and oxygen atoms in total. The topological polar surface area (TPSA) is 72.1 Å². The first-order chi connectivity index (χ1) is 9.02. The van der Waals surface area contributed by atoms with Crippen LogP contribution < -0.4 is 5.73 Å². The highest BCUT2D eigenvalue weighted by Gasteiger charge is 2.29. The minimum absolute atomic E-state index is 0.0563. The van der Waals surface area contributed by atoms with Crippen molar-refractivity contribution in [1.82, 2.24) is 15.1 Å². The molecule has 0 aromatic carbocycles. The minimum Gasteiger partial charge on any atom is -0.338 e. The molecule has 0 spiro atoms. The Morgan fingerprint density at radius 3 is 2.89 bits per heavy atom. The van der Waals surface area contributed by atoms with Crippen molar-refractivity contribution in [2.45, 2.75) is 39.7 Å². The monoisotopic (exact) mass is 262 g/mol. The Bertz CT molecular complexity index is 475. The Morgan fingerprint density at radius 2 is 2.21 bits per heavy atom. The van der Waals surface area contributed by atoms with Crippen molar-refractivity contribution < 1.29 is 4.79 Å². The maximum atomic E-state index is 12.6. The molecule has 2 unspecified atom stereocenters. The molecule has 1 amide bonds. The lowest BCUT2D eigenvalue weighted by Gasteiger charge is -2.36. The van der Waals surface area contributed by atoms with Gasteiger partial charge in [-0.15, -0.1) is 0 Å². The van der Waals surface area contributed by atoms with Gasteiger partial charge in [0.2, 0.25) is 0 Å². The van der Waals surface area contributed by atoms with E-state index in [1.165, 1.54) is 0 Å². The predicted molar refractivity (Wildman–Crippen MR) is 73.8 cm³/mol. The third kappa shape index (κ3) is 2.92. The van der Waals surface area contributed by atoms with Gasteiger partial charge in [-0.1, -0.05) is 13.3 Å². The maximum Gasteiger partial charge on any atom is 0.255 e. The third-order valence-electron chi connectivity index (χ3n) is 3.94. The first-order valence-electron chi connectivity index (χ1n) is 6.88. The number of piperidine rings is 1. The molecule has 0 aliphatic carbocycles. The summed E-state index contributed by atoms with van der Waals surface area (Å²) >= 11 is 0. The van der Waals surface area contributed by atoms with E-state index in [1.54, 1.807) is 0 Å². The molecule has 2 heterocycles. The summed E-state index contributed by atoms with van der Waals surface area (Å²) in [6, 6.07) is 2.03. The lowest BCUT2D eigenvalue weighted by Crippen LogP contribution is -2.49. The molecule has 1 aromatic heterocycles. The Hall–Kier alpha value is -1.49. The number of nitrogens with zero attached hydrogens (tertiary/aromatic N) is 3. The van der Waals surface area contributed by atoms with E-state index >= 15 is 0 Å². The first-order valence-corrected chi connectivity index (χ1v) is 6.88. The molecule has 0 bridgehead atoms. The number of amides is 1. The van der Waals surface area contributed by atoms with Crippen molar-refractivity contribution in [1.29, 1.82) is 0 Å². The van der Waals surface area contributed by atoms with Gasteiger partial charge in [0, 0.05) is 19.1 Å². The molecule has 0 radical (unpaired) electrons. The van der Waals surface area contributed by atoms with E-state index in [2.05, 4.69) is 17.1 Å². The summed E-state index contributed by atoms with van der Waals surface area (Å²) in [6.45, 7) is 7.29. The van der Waals surface area contributed by atoms with Gasteiger partial charge in [-0.2, -0.15) is 10.2 Å². The summed E-state index contributed by atoms with van der Waals surface area (Å²) in [5, 5.41) is 8.00. The quantitative estimate of drug-likeness (QED) is 0.871. The van der Waals surface area contributed by atoms with Crippen LogP contribution >= 0.6 is 0 Å². The molecule has 1 aromatic rings. The molecule has 0 saturated carbocycles. The minimum atomic E-state index is 0.0563. The molecule has 2 rings (SSSR count). The van der Waals surface area contributed by atoms with Crippen LogP contribution in [0.25, 0.3) is 0 Å². The summed E-state index contributed by atoms with van der Waals surface area (Å²) < 4.78 is 0. The number of carbonyl (C=O) groups is 1. The van der Waals surface area contributed by atoms with Gasteiger partial charge in [0.25, 0.3) is 5.91 Å². The fourth-order valence-corrected chi connectivity index (χ4v) is 2.60. The van der Waals surface area contributed by atoms with E-state index in [0.717, 1.165) is 31.6 Å². The molecule has 1 aliphatic heterocycles. The molecular weight excluding hydrogens is 240 g/mol. The lowest BCUT2D eigenvalue weighted by molar-refractivity contribution is 0.0647. The van der Waals surface area contributed by atoms with Crippen LogP contribution in [0.3, 0.4) is 0 Å². The molecular formula is C14H22N4O. The number of aryl methyl sites for hydroxylation is 2. The highest BCUT2D eigenvalue weighted by molar-refractivity contribution is 5.95. The highest BCUT2D eigenvalue weighted by atomic mass is 16.2. The lowest BCUT2D eigenvalue weighted by atomic mass is 9.90. The van der Waals surface area contributed by atoms with Gasteiger partial charge in [-0.3, -0.25) is 4.79 Å². The van der Waals surface area contributed by atoms with Crippen molar-refractivity contribution in [3.05, 3.63) is 23.0 Å². The fraction of sp³-hybridized carbons (Fsp3) is 0.643. The van der Waals surface area contributed by atoms with Crippen molar-refractivity contribution in [3.8, 4) is 0 Å². The third-order valence-corrected chi connectivity index (χ3v) is 3.94. The molecule has 104 valence electrons. The zero-order valence-corrected chi connectivity index (χ0v) is 11.9. The number of nitrogens with two attached hydrogens (primary N) is 1. The number of likely N-dealkylation sites (tertiary alicyclic amines) is 1. The van der Waals surface area contributed by atoms with Crippen LogP contribution in [-0.2, 0) is 0 Å². The van der Waals surface area contributed by atoms with E-state index in [-0.39, 0.29) is 11.9 Å². The van der Waals surface area contributed by atoms with Gasteiger partial charge in [-0.05, 0) is 32.3 Å². The molecule has 19 heavy (non-hydrogen) atoms. The van der Waals surface area contributed by atoms with Crippen LogP contribution in [-0.4, -0.2) is 40.1 Å². The second kappa shape index (κ2) is 5.65. The summed E-state index contributed by atoms with van der Waals surface area (Å²) in [6.07, 6.45) is 1.89. The van der Waals surface area contributed by atoms with Crippen molar-refractivity contribution in [2.24, 2.45) is 11.7 Å². The van der Waals surface area contributed by atoms with Gasteiger partial charge in [0.15, 0.2) is 0 Å². The molecule has 1 aliphatic rings. The first kappa shape index (κ1) is 13.9. The van der Waals surface area contributed by atoms with E-state index in [1.807, 2.05) is 24.8 Å². The molecule has 2 N–H and O–H groups in total. The van der Waals surface area contributed by atoms with Gasteiger partial charge in [0.05, 0.1) is 17.0 Å². The Balaban J connectivity index is 2.18. The molecule has 5 heteroatoms. The zero-order valence-electron chi connectivity index (χ0n) is 11.9. The van der Waals surface area contributed by atoms with Crippen LogP contribution in [0.2, 0.25) is 0 Å². The zero-order chi connectivity index (χ0) is 14.0. The average molecular weight is 262 g/mol. The maximum absolute atomic E-state index is 12.6. The van der Waals surface area contributed by atoms with Crippen LogP contribution in [0.4, 0.5) is 0 Å². The number of hydrogen-bond acceptors (Lipinski definition) is 4. The van der Waals surface area contributed by atoms with Crippen molar-refractivity contribution in [2.75, 3.05) is 13.1 Å². The second-order valence-corrected chi connectivity index (χ2v) is 5.36. The van der Waals surface area contributed by atoms with Crippen molar-refractivity contribution in [3.63, 3.8) is 0 Å². The summed E-state index contributed by atoms with van der Waals surface area (Å²) in [5.41, 5.74) is 8.21.